The highest BCUT2D eigenvalue weighted by Crippen LogP contribution is 2.38. The van der Waals surface area contributed by atoms with E-state index in [2.05, 4.69) is 9.88 Å². The third kappa shape index (κ3) is 1.77. The molecule has 3 atom stereocenters. The Labute approximate surface area is 101 Å². The predicted molar refractivity (Wildman–Crippen MR) is 63.5 cm³/mol. The van der Waals surface area contributed by atoms with Crippen molar-refractivity contribution in [2.75, 3.05) is 4.90 Å². The van der Waals surface area contributed by atoms with E-state index in [9.17, 15) is 5.11 Å². The topological polar surface area (TPSA) is 60.2 Å². The van der Waals surface area contributed by atoms with Crippen molar-refractivity contribution < 1.29 is 5.11 Å². The second-order valence-electron chi connectivity index (χ2n) is 4.93. The maximum Gasteiger partial charge on any atom is 0.140 e. The van der Waals surface area contributed by atoms with E-state index in [1.165, 1.54) is 0 Å². The second kappa shape index (κ2) is 4.01. The summed E-state index contributed by atoms with van der Waals surface area (Å²) in [4.78, 5) is 6.50. The van der Waals surface area contributed by atoms with Crippen molar-refractivity contribution >= 4 is 5.69 Å². The average molecular weight is 229 g/mol. The van der Waals surface area contributed by atoms with Gasteiger partial charge in [0.15, 0.2) is 0 Å². The van der Waals surface area contributed by atoms with Crippen molar-refractivity contribution in [3.63, 3.8) is 0 Å². The maximum absolute atomic E-state index is 9.75. The zero-order valence-corrected chi connectivity index (χ0v) is 9.58. The van der Waals surface area contributed by atoms with Gasteiger partial charge in [-0.15, -0.1) is 0 Å². The number of aromatic nitrogens is 1. The second-order valence-corrected chi connectivity index (χ2v) is 4.93. The van der Waals surface area contributed by atoms with Crippen molar-refractivity contribution in [3.8, 4) is 6.07 Å². The van der Waals surface area contributed by atoms with Crippen LogP contribution in [0.5, 0.6) is 0 Å². The average Bonchev–Trinajstić information content (AvgIpc) is 2.62. The summed E-state index contributed by atoms with van der Waals surface area (Å²) in [5, 5.41) is 18.5. The van der Waals surface area contributed by atoms with E-state index in [4.69, 9.17) is 5.26 Å². The molecule has 2 aliphatic rings. The monoisotopic (exact) mass is 229 g/mol. The SMILES string of the molecule is N#Cc1ccc(N2[C@@H]3CC[C@H]2C[C@@H](O)C3)cn1. The Morgan fingerprint density at radius 2 is 2.00 bits per heavy atom. The number of nitriles is 1. The summed E-state index contributed by atoms with van der Waals surface area (Å²) in [6, 6.07) is 6.65. The molecule has 0 radical (unpaired) electrons. The summed E-state index contributed by atoms with van der Waals surface area (Å²) in [6.45, 7) is 0. The number of aliphatic hydroxyl groups excluding tert-OH is 1. The number of pyridine rings is 1. The lowest BCUT2D eigenvalue weighted by Gasteiger charge is -2.38. The van der Waals surface area contributed by atoms with Crippen LogP contribution >= 0.6 is 0 Å². The largest absolute Gasteiger partial charge is 0.393 e. The molecule has 0 aliphatic carbocycles. The highest BCUT2D eigenvalue weighted by Gasteiger charge is 2.40. The van der Waals surface area contributed by atoms with Crippen molar-refractivity contribution in [1.29, 1.82) is 5.26 Å². The van der Waals surface area contributed by atoms with Crippen molar-refractivity contribution in [3.05, 3.63) is 24.0 Å². The molecule has 0 aromatic carbocycles. The van der Waals surface area contributed by atoms with E-state index in [0.29, 0.717) is 17.8 Å². The molecule has 2 bridgehead atoms. The first-order valence-electron chi connectivity index (χ1n) is 6.10. The normalized spacial score (nSPS) is 31.3. The fourth-order valence-corrected chi connectivity index (χ4v) is 3.17. The summed E-state index contributed by atoms with van der Waals surface area (Å²) in [5.41, 5.74) is 1.54. The number of hydrogen-bond acceptors (Lipinski definition) is 4. The van der Waals surface area contributed by atoms with Gasteiger partial charge >= 0.3 is 0 Å². The van der Waals surface area contributed by atoms with Gasteiger partial charge in [-0.2, -0.15) is 5.26 Å². The molecule has 17 heavy (non-hydrogen) atoms. The molecule has 0 amide bonds. The molecule has 2 aliphatic heterocycles. The molecular formula is C13H15N3O. The lowest BCUT2D eigenvalue weighted by molar-refractivity contribution is 0.126. The van der Waals surface area contributed by atoms with Crippen LogP contribution < -0.4 is 4.90 Å². The third-order valence-electron chi connectivity index (χ3n) is 3.87. The van der Waals surface area contributed by atoms with Gasteiger partial charge in [0, 0.05) is 12.1 Å². The van der Waals surface area contributed by atoms with Crippen LogP contribution in [0.1, 0.15) is 31.4 Å². The molecule has 4 heteroatoms. The molecule has 1 aromatic rings. The number of aliphatic hydroxyl groups is 1. The van der Waals surface area contributed by atoms with Crippen LogP contribution in [0.15, 0.2) is 18.3 Å². The van der Waals surface area contributed by atoms with Crippen LogP contribution in [-0.2, 0) is 0 Å². The Balaban J connectivity index is 1.87. The lowest BCUT2D eigenvalue weighted by atomic mass is 9.99. The zero-order valence-electron chi connectivity index (χ0n) is 9.58. The summed E-state index contributed by atoms with van der Waals surface area (Å²) in [6.07, 6.45) is 5.66. The van der Waals surface area contributed by atoms with Gasteiger partial charge < -0.3 is 10.0 Å². The standard InChI is InChI=1S/C13H15N3O/c14-7-9-1-2-12(8-15-9)16-10-3-4-11(16)6-13(17)5-10/h1-2,8,10-11,13,17H,3-6H2/t10-,11+,13+. The highest BCUT2D eigenvalue weighted by molar-refractivity contribution is 5.50. The maximum atomic E-state index is 9.75. The molecule has 88 valence electrons. The first-order chi connectivity index (χ1) is 8.28. The van der Waals surface area contributed by atoms with Crippen LogP contribution in [0, 0.1) is 11.3 Å². The first kappa shape index (κ1) is 10.5. The molecule has 0 unspecified atom stereocenters. The van der Waals surface area contributed by atoms with Crippen LogP contribution in [0.3, 0.4) is 0 Å². The molecule has 0 saturated carbocycles. The Bertz CT molecular complexity index is 437. The number of nitrogens with zero attached hydrogens (tertiary/aromatic N) is 3. The lowest BCUT2D eigenvalue weighted by Crippen LogP contribution is -2.44. The molecule has 4 nitrogen and oxygen atoms in total. The predicted octanol–water partition coefficient (Wildman–Crippen LogP) is 1.45. The van der Waals surface area contributed by atoms with Crippen LogP contribution in [0.25, 0.3) is 0 Å². The minimum atomic E-state index is -0.143. The van der Waals surface area contributed by atoms with E-state index >= 15 is 0 Å². The Hall–Kier alpha value is -1.60. The molecule has 2 fully saturated rings. The van der Waals surface area contributed by atoms with E-state index in [1.54, 1.807) is 12.3 Å². The van der Waals surface area contributed by atoms with Crippen molar-refractivity contribution in [2.45, 2.75) is 43.9 Å². The van der Waals surface area contributed by atoms with Gasteiger partial charge in [0.2, 0.25) is 0 Å². The molecule has 0 spiro atoms. The third-order valence-corrected chi connectivity index (χ3v) is 3.87. The van der Waals surface area contributed by atoms with Gasteiger partial charge in [0.1, 0.15) is 11.8 Å². The molecular weight excluding hydrogens is 214 g/mol. The molecule has 3 rings (SSSR count). The summed E-state index contributed by atoms with van der Waals surface area (Å²) >= 11 is 0. The van der Waals surface area contributed by atoms with Gasteiger partial charge in [0.05, 0.1) is 18.0 Å². The van der Waals surface area contributed by atoms with E-state index in [0.717, 1.165) is 31.4 Å². The van der Waals surface area contributed by atoms with Gasteiger partial charge in [-0.05, 0) is 37.8 Å². The van der Waals surface area contributed by atoms with Gasteiger partial charge in [0.25, 0.3) is 0 Å². The number of piperidine rings is 1. The van der Waals surface area contributed by atoms with Gasteiger partial charge in [-0.25, -0.2) is 4.98 Å². The summed E-state index contributed by atoms with van der Waals surface area (Å²) < 4.78 is 0. The number of rotatable bonds is 1. The fourth-order valence-electron chi connectivity index (χ4n) is 3.17. The van der Waals surface area contributed by atoms with Crippen molar-refractivity contribution in [2.24, 2.45) is 0 Å². The number of hydrogen-bond donors (Lipinski definition) is 1. The van der Waals surface area contributed by atoms with E-state index < -0.39 is 0 Å². The smallest absolute Gasteiger partial charge is 0.140 e. The minimum absolute atomic E-state index is 0.143. The van der Waals surface area contributed by atoms with Gasteiger partial charge in [-0.3, -0.25) is 0 Å². The van der Waals surface area contributed by atoms with Crippen LogP contribution in [0.4, 0.5) is 5.69 Å². The molecule has 1 N–H and O–H groups in total. The zero-order chi connectivity index (χ0) is 11.8. The first-order valence-corrected chi connectivity index (χ1v) is 6.10. The Morgan fingerprint density at radius 1 is 1.29 bits per heavy atom. The summed E-state index contributed by atoms with van der Waals surface area (Å²) in [5.74, 6) is 0. The Kier molecular flexibility index (Phi) is 2.49. The van der Waals surface area contributed by atoms with Crippen molar-refractivity contribution in [1.82, 2.24) is 4.98 Å². The van der Waals surface area contributed by atoms with Gasteiger partial charge in [-0.1, -0.05) is 0 Å². The molecule has 3 heterocycles. The van der Waals surface area contributed by atoms with E-state index in [-0.39, 0.29) is 6.10 Å². The van der Waals surface area contributed by atoms with E-state index in [1.807, 2.05) is 12.1 Å². The van der Waals surface area contributed by atoms with Crippen LogP contribution in [-0.4, -0.2) is 28.3 Å². The Morgan fingerprint density at radius 3 is 2.53 bits per heavy atom. The van der Waals surface area contributed by atoms with Crippen LogP contribution in [0.2, 0.25) is 0 Å². The quantitative estimate of drug-likeness (QED) is 0.791. The molecule has 2 saturated heterocycles. The minimum Gasteiger partial charge on any atom is -0.393 e. The fraction of sp³-hybridized carbons (Fsp3) is 0.538. The molecule has 1 aromatic heterocycles. The number of anilines is 1. The number of fused-ring (bicyclic) bond motifs is 2. The highest BCUT2D eigenvalue weighted by atomic mass is 16.3. The summed E-state index contributed by atoms with van der Waals surface area (Å²) in [7, 11) is 0.